The Balaban J connectivity index is 1.28. The molecule has 126 valence electrons. The summed E-state index contributed by atoms with van der Waals surface area (Å²) in [6.45, 7) is 3.85. The molecule has 1 spiro atoms. The van der Waals surface area contributed by atoms with E-state index < -0.39 is 0 Å². The van der Waals surface area contributed by atoms with Crippen LogP contribution in [0.4, 0.5) is 0 Å². The first-order valence-electron chi connectivity index (χ1n) is 8.02. The second-order valence-corrected chi connectivity index (χ2v) is 7.92. The van der Waals surface area contributed by atoms with Crippen LogP contribution in [0.25, 0.3) is 0 Å². The zero-order chi connectivity index (χ0) is 16.6. The molecule has 1 atom stereocenters. The predicted molar refractivity (Wildman–Crippen MR) is 89.8 cm³/mol. The van der Waals surface area contributed by atoms with Crippen LogP contribution in [0.3, 0.4) is 0 Å². The first-order valence-corrected chi connectivity index (χ1v) is 9.00. The maximum atomic E-state index is 12.3. The van der Waals surface area contributed by atoms with Gasteiger partial charge in [0.2, 0.25) is 0 Å². The van der Waals surface area contributed by atoms with Crippen LogP contribution in [0.15, 0.2) is 35.0 Å². The Morgan fingerprint density at radius 1 is 1.50 bits per heavy atom. The summed E-state index contributed by atoms with van der Waals surface area (Å²) in [6.07, 6.45) is 2.99. The van der Waals surface area contributed by atoms with Crippen LogP contribution in [0.5, 0.6) is 0 Å². The summed E-state index contributed by atoms with van der Waals surface area (Å²) >= 11 is 1.91. The van der Waals surface area contributed by atoms with Crippen molar-refractivity contribution in [1.82, 2.24) is 15.0 Å². The number of nitrogens with zero attached hydrogens (tertiary/aromatic N) is 3. The number of carbonyl (C=O) groups excluding carboxylic acids is 1. The van der Waals surface area contributed by atoms with Gasteiger partial charge in [-0.3, -0.25) is 9.78 Å². The van der Waals surface area contributed by atoms with Gasteiger partial charge in [-0.15, -0.1) is 11.8 Å². The van der Waals surface area contributed by atoms with E-state index >= 15 is 0 Å². The van der Waals surface area contributed by atoms with E-state index in [9.17, 15) is 4.79 Å². The van der Waals surface area contributed by atoms with Crippen LogP contribution in [0.2, 0.25) is 0 Å². The molecule has 0 radical (unpaired) electrons. The molecule has 6 nitrogen and oxygen atoms in total. The lowest BCUT2D eigenvalue weighted by molar-refractivity contribution is 0.0241. The lowest BCUT2D eigenvalue weighted by atomic mass is 9.92. The highest BCUT2D eigenvalue weighted by molar-refractivity contribution is 8.01. The summed E-state index contributed by atoms with van der Waals surface area (Å²) in [5.41, 5.74) is 1.35. The average molecular weight is 345 g/mol. The normalized spacial score (nSPS) is 21.9. The van der Waals surface area contributed by atoms with Crippen molar-refractivity contribution in [2.45, 2.75) is 30.8 Å². The van der Waals surface area contributed by atoms with Crippen molar-refractivity contribution in [3.8, 4) is 0 Å². The van der Waals surface area contributed by atoms with Gasteiger partial charge in [0.05, 0.1) is 23.2 Å². The molecule has 7 heteroatoms. The quantitative estimate of drug-likeness (QED) is 0.847. The lowest BCUT2D eigenvalue weighted by Gasteiger charge is -2.47. The molecule has 0 bridgehead atoms. The molecule has 0 unspecified atom stereocenters. The first-order chi connectivity index (χ1) is 11.6. The van der Waals surface area contributed by atoms with Crippen molar-refractivity contribution in [2.24, 2.45) is 0 Å². The fraction of sp³-hybridized carbons (Fsp3) is 0.471. The third-order valence-corrected chi connectivity index (χ3v) is 6.04. The van der Waals surface area contributed by atoms with Gasteiger partial charge in [-0.25, -0.2) is 0 Å². The van der Waals surface area contributed by atoms with Crippen molar-refractivity contribution in [2.75, 3.05) is 18.8 Å². The summed E-state index contributed by atoms with van der Waals surface area (Å²) < 4.78 is 11.1. The van der Waals surface area contributed by atoms with E-state index in [1.54, 1.807) is 19.2 Å². The monoisotopic (exact) mass is 345 g/mol. The second kappa shape index (κ2) is 6.22. The number of amides is 1. The summed E-state index contributed by atoms with van der Waals surface area (Å²) in [4.78, 5) is 18.4. The number of ether oxygens (including phenoxy) is 1. The Kier molecular flexibility index (Phi) is 4.05. The third-order valence-electron chi connectivity index (χ3n) is 4.46. The van der Waals surface area contributed by atoms with Crippen molar-refractivity contribution >= 4 is 17.7 Å². The SMILES string of the molecule is Cc1cc(C(=O)N2CC3(C[C@H](OCc4ccccn4)CS3)C2)no1. The number of likely N-dealkylation sites (tertiary alicyclic amines) is 1. The van der Waals surface area contributed by atoms with Crippen LogP contribution in [0, 0.1) is 6.92 Å². The van der Waals surface area contributed by atoms with Crippen LogP contribution in [0.1, 0.15) is 28.4 Å². The van der Waals surface area contributed by atoms with Gasteiger partial charge in [0, 0.05) is 31.1 Å². The van der Waals surface area contributed by atoms with Crippen LogP contribution in [-0.2, 0) is 11.3 Å². The summed E-state index contributed by atoms with van der Waals surface area (Å²) in [6, 6.07) is 7.53. The minimum absolute atomic E-state index is 0.0454. The Morgan fingerprint density at radius 3 is 3.08 bits per heavy atom. The van der Waals surface area contributed by atoms with E-state index in [1.807, 2.05) is 34.9 Å². The highest BCUT2D eigenvalue weighted by Crippen LogP contribution is 2.46. The zero-order valence-corrected chi connectivity index (χ0v) is 14.3. The molecule has 2 aliphatic heterocycles. The smallest absolute Gasteiger partial charge is 0.276 e. The molecule has 0 aliphatic carbocycles. The number of thioether (sulfide) groups is 1. The highest BCUT2D eigenvalue weighted by atomic mass is 32.2. The van der Waals surface area contributed by atoms with Gasteiger partial charge in [-0.05, 0) is 25.5 Å². The second-order valence-electron chi connectivity index (χ2n) is 6.44. The van der Waals surface area contributed by atoms with Crippen LogP contribution < -0.4 is 0 Å². The van der Waals surface area contributed by atoms with Gasteiger partial charge >= 0.3 is 0 Å². The van der Waals surface area contributed by atoms with Crippen molar-refractivity contribution in [3.05, 3.63) is 47.6 Å². The Hall–Kier alpha value is -1.86. The zero-order valence-electron chi connectivity index (χ0n) is 13.5. The third kappa shape index (κ3) is 3.06. The van der Waals surface area contributed by atoms with Gasteiger partial charge in [0.25, 0.3) is 5.91 Å². The minimum atomic E-state index is -0.0454. The Bertz CT molecular complexity index is 728. The van der Waals surface area contributed by atoms with Gasteiger partial charge in [0.1, 0.15) is 5.76 Å². The number of aryl methyl sites for hydroxylation is 1. The number of aromatic nitrogens is 2. The number of hydrogen-bond donors (Lipinski definition) is 0. The van der Waals surface area contributed by atoms with Crippen molar-refractivity contribution in [3.63, 3.8) is 0 Å². The molecular formula is C17H19N3O3S. The Labute approximate surface area is 144 Å². The molecule has 0 aromatic carbocycles. The first kappa shape index (κ1) is 15.7. The molecule has 2 aromatic heterocycles. The van der Waals surface area contributed by atoms with Crippen LogP contribution in [-0.4, -0.2) is 50.6 Å². The van der Waals surface area contributed by atoms with Crippen LogP contribution >= 0.6 is 11.8 Å². The maximum absolute atomic E-state index is 12.3. The van der Waals surface area contributed by atoms with Gasteiger partial charge < -0.3 is 14.2 Å². The largest absolute Gasteiger partial charge is 0.371 e. The predicted octanol–water partition coefficient (Wildman–Crippen LogP) is 2.29. The molecule has 4 rings (SSSR count). The van der Waals surface area contributed by atoms with Crippen molar-refractivity contribution < 1.29 is 14.1 Å². The topological polar surface area (TPSA) is 68.5 Å². The van der Waals surface area contributed by atoms with E-state index in [2.05, 4.69) is 10.1 Å². The molecule has 2 aromatic rings. The number of carbonyl (C=O) groups is 1. The van der Waals surface area contributed by atoms with E-state index in [-0.39, 0.29) is 16.8 Å². The molecule has 4 heterocycles. The molecule has 2 aliphatic rings. The maximum Gasteiger partial charge on any atom is 0.276 e. The standard InChI is InChI=1S/C17H19N3O3S/c1-12-6-15(19-23-12)16(21)20-10-17(11-20)7-14(9-24-17)22-8-13-4-2-3-5-18-13/h2-6,14H,7-11H2,1H3/t14-/m0/s1. The van der Waals surface area contributed by atoms with E-state index in [1.165, 1.54) is 0 Å². The molecule has 1 amide bonds. The summed E-state index contributed by atoms with van der Waals surface area (Å²) in [7, 11) is 0. The van der Waals surface area contributed by atoms with Crippen molar-refractivity contribution in [1.29, 1.82) is 0 Å². The highest BCUT2D eigenvalue weighted by Gasteiger charge is 2.51. The molecule has 2 fully saturated rings. The van der Waals surface area contributed by atoms with E-state index in [0.29, 0.717) is 18.1 Å². The molecule has 24 heavy (non-hydrogen) atoms. The fourth-order valence-electron chi connectivity index (χ4n) is 3.24. The fourth-order valence-corrected chi connectivity index (χ4v) is 4.79. The minimum Gasteiger partial charge on any atom is -0.371 e. The number of pyridine rings is 1. The number of hydrogen-bond acceptors (Lipinski definition) is 6. The van der Waals surface area contributed by atoms with Gasteiger partial charge in [-0.2, -0.15) is 0 Å². The van der Waals surface area contributed by atoms with Gasteiger partial charge in [-0.1, -0.05) is 11.2 Å². The molecule has 0 saturated carbocycles. The number of rotatable bonds is 4. The molecule has 2 saturated heterocycles. The summed E-state index contributed by atoms with van der Waals surface area (Å²) in [5.74, 6) is 1.58. The Morgan fingerprint density at radius 2 is 2.38 bits per heavy atom. The van der Waals surface area contributed by atoms with E-state index in [0.717, 1.165) is 31.0 Å². The van der Waals surface area contributed by atoms with E-state index in [4.69, 9.17) is 9.26 Å². The molecular weight excluding hydrogens is 326 g/mol. The lowest BCUT2D eigenvalue weighted by Crippen LogP contribution is -2.60. The molecule has 0 N–H and O–H groups in total. The average Bonchev–Trinajstić information content (AvgIpc) is 3.18. The van der Waals surface area contributed by atoms with Gasteiger partial charge in [0.15, 0.2) is 5.69 Å². The summed E-state index contributed by atoms with van der Waals surface area (Å²) in [5, 5.41) is 3.81.